The summed E-state index contributed by atoms with van der Waals surface area (Å²) in [6, 6.07) is 1.35. The smallest absolute Gasteiger partial charge is 0.358 e. The summed E-state index contributed by atoms with van der Waals surface area (Å²) >= 11 is 0. The predicted molar refractivity (Wildman–Crippen MR) is 59.7 cm³/mol. The zero-order valence-electron chi connectivity index (χ0n) is 10.6. The Labute approximate surface area is 99.5 Å². The molecule has 0 saturated carbocycles. The molecule has 1 aromatic heterocycles. The minimum Gasteiger partial charge on any atom is -0.464 e. The molecule has 0 aliphatic rings. The van der Waals surface area contributed by atoms with Crippen molar-refractivity contribution in [1.82, 2.24) is 9.78 Å². The average Bonchev–Trinajstić information content (AvgIpc) is 2.56. The Hall–Kier alpha value is -1.85. The van der Waals surface area contributed by atoms with Crippen molar-refractivity contribution in [3.05, 3.63) is 17.5 Å². The molecule has 0 aliphatic heterocycles. The molecule has 0 bridgehead atoms. The van der Waals surface area contributed by atoms with Crippen LogP contribution in [0.1, 0.15) is 41.7 Å². The van der Waals surface area contributed by atoms with Gasteiger partial charge < -0.3 is 9.47 Å². The van der Waals surface area contributed by atoms with Crippen molar-refractivity contribution >= 4 is 11.9 Å². The average molecular weight is 240 g/mol. The number of esters is 2. The lowest BCUT2D eigenvalue weighted by atomic mass is 10.2. The highest BCUT2D eigenvalue weighted by Gasteiger charge is 2.23. The summed E-state index contributed by atoms with van der Waals surface area (Å²) in [5.41, 5.74) is -0.302. The zero-order valence-corrected chi connectivity index (χ0v) is 10.6. The fraction of sp³-hybridized carbons (Fsp3) is 0.545. The number of carbonyl (C=O) groups excluding carboxylic acids is 2. The molecule has 6 heteroatoms. The molecular formula is C11H16N2O4. The Morgan fingerprint density at radius 1 is 1.29 bits per heavy atom. The van der Waals surface area contributed by atoms with Gasteiger partial charge in [0.05, 0.1) is 7.11 Å². The van der Waals surface area contributed by atoms with Crippen molar-refractivity contribution in [3.8, 4) is 0 Å². The van der Waals surface area contributed by atoms with Crippen LogP contribution in [0, 0.1) is 0 Å². The topological polar surface area (TPSA) is 70.4 Å². The van der Waals surface area contributed by atoms with E-state index in [1.165, 1.54) is 17.9 Å². The van der Waals surface area contributed by atoms with Gasteiger partial charge in [-0.15, -0.1) is 0 Å². The van der Waals surface area contributed by atoms with Crippen molar-refractivity contribution in [2.24, 2.45) is 7.05 Å². The highest BCUT2D eigenvalue weighted by molar-refractivity contribution is 5.93. The lowest BCUT2D eigenvalue weighted by Gasteiger charge is -2.19. The minimum absolute atomic E-state index is 0.0795. The SMILES string of the molecule is COC(=O)c1cc(C(=O)OC(C)(C)C)n(C)n1. The summed E-state index contributed by atoms with van der Waals surface area (Å²) < 4.78 is 11.0. The van der Waals surface area contributed by atoms with E-state index in [0.29, 0.717) is 0 Å². The molecule has 0 radical (unpaired) electrons. The second kappa shape index (κ2) is 4.57. The van der Waals surface area contributed by atoms with Gasteiger partial charge in [0.25, 0.3) is 0 Å². The number of hydrogen-bond acceptors (Lipinski definition) is 5. The minimum atomic E-state index is -0.590. The van der Waals surface area contributed by atoms with E-state index in [9.17, 15) is 9.59 Å². The van der Waals surface area contributed by atoms with E-state index in [4.69, 9.17) is 4.74 Å². The Kier molecular flexibility index (Phi) is 3.55. The molecule has 0 fully saturated rings. The van der Waals surface area contributed by atoms with Crippen molar-refractivity contribution < 1.29 is 19.1 Å². The quantitative estimate of drug-likeness (QED) is 0.725. The van der Waals surface area contributed by atoms with Crippen LogP contribution in [0.2, 0.25) is 0 Å². The number of hydrogen-bond donors (Lipinski definition) is 0. The molecule has 6 nitrogen and oxygen atoms in total. The van der Waals surface area contributed by atoms with Gasteiger partial charge in [0, 0.05) is 13.1 Å². The maximum absolute atomic E-state index is 11.8. The number of rotatable bonds is 2. The first kappa shape index (κ1) is 13.2. The molecule has 0 atom stereocenters. The number of aromatic nitrogens is 2. The van der Waals surface area contributed by atoms with Gasteiger partial charge in [-0.05, 0) is 20.8 Å². The standard InChI is InChI=1S/C11H16N2O4/c1-11(2,3)17-10(15)8-6-7(9(14)16-5)12-13(8)4/h6H,1-5H3. The number of methoxy groups -OCH3 is 1. The van der Waals surface area contributed by atoms with Crippen LogP contribution in [0.15, 0.2) is 6.07 Å². The third-order valence-electron chi connectivity index (χ3n) is 1.88. The molecule has 0 aliphatic carbocycles. The van der Waals surface area contributed by atoms with Gasteiger partial charge in [-0.2, -0.15) is 5.10 Å². The Bertz CT molecular complexity index is 443. The van der Waals surface area contributed by atoms with E-state index in [1.807, 2.05) is 0 Å². The Balaban J connectivity index is 2.96. The number of carbonyl (C=O) groups is 2. The van der Waals surface area contributed by atoms with E-state index in [2.05, 4.69) is 9.84 Å². The summed E-state index contributed by atoms with van der Waals surface area (Å²) in [7, 11) is 2.82. The second-order valence-corrected chi connectivity index (χ2v) is 4.53. The van der Waals surface area contributed by atoms with Gasteiger partial charge in [0.15, 0.2) is 5.69 Å². The molecule has 94 valence electrons. The molecule has 1 rings (SSSR count). The van der Waals surface area contributed by atoms with Crippen LogP contribution >= 0.6 is 0 Å². The first-order valence-electron chi connectivity index (χ1n) is 5.10. The van der Waals surface area contributed by atoms with Crippen molar-refractivity contribution in [2.75, 3.05) is 7.11 Å². The molecule has 17 heavy (non-hydrogen) atoms. The third kappa shape index (κ3) is 3.30. The lowest BCUT2D eigenvalue weighted by molar-refractivity contribution is 0.00574. The van der Waals surface area contributed by atoms with Crippen LogP contribution in [-0.4, -0.2) is 34.4 Å². The van der Waals surface area contributed by atoms with Crippen LogP contribution in [-0.2, 0) is 16.5 Å². The van der Waals surface area contributed by atoms with Gasteiger partial charge in [-0.1, -0.05) is 0 Å². The van der Waals surface area contributed by atoms with Gasteiger partial charge in [0.1, 0.15) is 11.3 Å². The summed E-state index contributed by atoms with van der Waals surface area (Å²) in [5.74, 6) is -1.11. The molecule has 0 unspecified atom stereocenters. The number of aryl methyl sites for hydroxylation is 1. The molecule has 0 N–H and O–H groups in total. The highest BCUT2D eigenvalue weighted by Crippen LogP contribution is 2.13. The fourth-order valence-electron chi connectivity index (χ4n) is 1.19. The molecule has 0 spiro atoms. The molecule has 0 saturated heterocycles. The highest BCUT2D eigenvalue weighted by atomic mass is 16.6. The van der Waals surface area contributed by atoms with Crippen LogP contribution in [0.5, 0.6) is 0 Å². The molecule has 1 aromatic rings. The maximum atomic E-state index is 11.8. The molecule has 0 aromatic carbocycles. The summed E-state index contributed by atoms with van der Waals surface area (Å²) in [4.78, 5) is 23.0. The zero-order chi connectivity index (χ0) is 13.2. The van der Waals surface area contributed by atoms with E-state index < -0.39 is 17.5 Å². The van der Waals surface area contributed by atoms with Gasteiger partial charge in [0.2, 0.25) is 0 Å². The number of ether oxygens (including phenoxy) is 2. The fourth-order valence-corrected chi connectivity index (χ4v) is 1.19. The van der Waals surface area contributed by atoms with E-state index in [-0.39, 0.29) is 11.4 Å². The van der Waals surface area contributed by atoms with Gasteiger partial charge >= 0.3 is 11.9 Å². The van der Waals surface area contributed by atoms with E-state index in [1.54, 1.807) is 27.8 Å². The molecule has 0 amide bonds. The second-order valence-electron chi connectivity index (χ2n) is 4.53. The van der Waals surface area contributed by atoms with Crippen LogP contribution in [0.25, 0.3) is 0 Å². The van der Waals surface area contributed by atoms with Crippen molar-refractivity contribution in [1.29, 1.82) is 0 Å². The molecular weight excluding hydrogens is 224 g/mol. The summed E-state index contributed by atoms with van der Waals surface area (Å²) in [5, 5.41) is 3.87. The maximum Gasteiger partial charge on any atom is 0.358 e. The van der Waals surface area contributed by atoms with Crippen LogP contribution < -0.4 is 0 Å². The lowest BCUT2D eigenvalue weighted by Crippen LogP contribution is -2.25. The normalized spacial score (nSPS) is 11.1. The van der Waals surface area contributed by atoms with Crippen molar-refractivity contribution in [3.63, 3.8) is 0 Å². The van der Waals surface area contributed by atoms with Gasteiger partial charge in [-0.25, -0.2) is 9.59 Å². The van der Waals surface area contributed by atoms with Gasteiger partial charge in [-0.3, -0.25) is 4.68 Å². The monoisotopic (exact) mass is 240 g/mol. The number of nitrogens with zero attached hydrogens (tertiary/aromatic N) is 2. The Morgan fingerprint density at radius 2 is 1.88 bits per heavy atom. The summed E-state index contributed by atoms with van der Waals surface area (Å²) in [6.07, 6.45) is 0. The van der Waals surface area contributed by atoms with E-state index >= 15 is 0 Å². The van der Waals surface area contributed by atoms with Crippen LogP contribution in [0.3, 0.4) is 0 Å². The van der Waals surface area contributed by atoms with E-state index in [0.717, 1.165) is 0 Å². The Morgan fingerprint density at radius 3 is 2.35 bits per heavy atom. The summed E-state index contributed by atoms with van der Waals surface area (Å²) in [6.45, 7) is 5.30. The largest absolute Gasteiger partial charge is 0.464 e. The predicted octanol–water partition coefficient (Wildman–Crippen LogP) is 1.16. The molecule has 1 heterocycles. The van der Waals surface area contributed by atoms with Crippen molar-refractivity contribution in [2.45, 2.75) is 26.4 Å². The third-order valence-corrected chi connectivity index (χ3v) is 1.88. The first-order valence-corrected chi connectivity index (χ1v) is 5.10. The first-order chi connectivity index (χ1) is 7.74. The van der Waals surface area contributed by atoms with Crippen LogP contribution in [0.4, 0.5) is 0 Å².